The summed E-state index contributed by atoms with van der Waals surface area (Å²) >= 11 is 0. The number of methoxy groups -OCH3 is 1. The third-order valence-corrected chi connectivity index (χ3v) is 3.60. The summed E-state index contributed by atoms with van der Waals surface area (Å²) in [6.07, 6.45) is 0. The minimum atomic E-state index is -0.273. The van der Waals surface area contributed by atoms with Crippen molar-refractivity contribution in [2.45, 2.75) is 13.0 Å². The fourth-order valence-corrected chi connectivity index (χ4v) is 2.58. The standard InChI is InChI=1S/C15H21FN2O2/c1-11(10-20-2)15(19)18-7-6-17-9-14(18)12-4-3-5-13(16)8-12/h3-5,8,11,14,17H,6-7,9-10H2,1-2H3. The number of halogens is 1. The van der Waals surface area contributed by atoms with E-state index in [4.69, 9.17) is 4.74 Å². The molecule has 110 valence electrons. The fourth-order valence-electron chi connectivity index (χ4n) is 2.58. The van der Waals surface area contributed by atoms with E-state index in [1.165, 1.54) is 12.1 Å². The summed E-state index contributed by atoms with van der Waals surface area (Å²) in [5, 5.41) is 3.26. The van der Waals surface area contributed by atoms with Gasteiger partial charge in [0, 0.05) is 26.7 Å². The van der Waals surface area contributed by atoms with Crippen LogP contribution in [0, 0.1) is 11.7 Å². The van der Waals surface area contributed by atoms with Crippen molar-refractivity contribution in [3.63, 3.8) is 0 Å². The first-order chi connectivity index (χ1) is 9.63. The van der Waals surface area contributed by atoms with Gasteiger partial charge in [-0.3, -0.25) is 4.79 Å². The zero-order valence-electron chi connectivity index (χ0n) is 11.9. The number of carbonyl (C=O) groups excluding carboxylic acids is 1. The molecule has 5 heteroatoms. The minimum absolute atomic E-state index is 0.0580. The number of hydrogen-bond donors (Lipinski definition) is 1. The van der Waals surface area contributed by atoms with Gasteiger partial charge in [0.15, 0.2) is 0 Å². The molecular weight excluding hydrogens is 259 g/mol. The summed E-state index contributed by atoms with van der Waals surface area (Å²) in [5.41, 5.74) is 0.829. The van der Waals surface area contributed by atoms with Crippen LogP contribution < -0.4 is 5.32 Å². The molecular formula is C15H21FN2O2. The second-order valence-electron chi connectivity index (χ2n) is 5.16. The van der Waals surface area contributed by atoms with Gasteiger partial charge in [-0.2, -0.15) is 0 Å². The summed E-state index contributed by atoms with van der Waals surface area (Å²) in [5.74, 6) is -0.401. The molecule has 0 saturated carbocycles. The Morgan fingerprint density at radius 1 is 1.60 bits per heavy atom. The van der Waals surface area contributed by atoms with Crippen molar-refractivity contribution in [1.82, 2.24) is 10.2 Å². The number of nitrogens with one attached hydrogen (secondary N) is 1. The van der Waals surface area contributed by atoms with Crippen molar-refractivity contribution in [2.75, 3.05) is 33.4 Å². The molecule has 4 nitrogen and oxygen atoms in total. The summed E-state index contributed by atoms with van der Waals surface area (Å²) < 4.78 is 18.4. The number of ether oxygens (including phenoxy) is 1. The van der Waals surface area contributed by atoms with E-state index >= 15 is 0 Å². The van der Waals surface area contributed by atoms with Gasteiger partial charge >= 0.3 is 0 Å². The number of hydrogen-bond acceptors (Lipinski definition) is 3. The van der Waals surface area contributed by atoms with E-state index in [1.54, 1.807) is 13.2 Å². The lowest BCUT2D eigenvalue weighted by Crippen LogP contribution is -2.50. The smallest absolute Gasteiger partial charge is 0.228 e. The van der Waals surface area contributed by atoms with Gasteiger partial charge < -0.3 is 15.0 Å². The summed E-state index contributed by atoms with van der Waals surface area (Å²) in [6.45, 7) is 4.30. The Morgan fingerprint density at radius 2 is 2.40 bits per heavy atom. The Hall–Kier alpha value is -1.46. The molecule has 0 aliphatic carbocycles. The molecule has 1 aliphatic heterocycles. The number of benzene rings is 1. The van der Waals surface area contributed by atoms with Crippen molar-refractivity contribution in [3.05, 3.63) is 35.6 Å². The molecule has 0 aromatic heterocycles. The van der Waals surface area contributed by atoms with Crippen LogP contribution in [-0.2, 0) is 9.53 Å². The highest BCUT2D eigenvalue weighted by atomic mass is 19.1. The van der Waals surface area contributed by atoms with Crippen molar-refractivity contribution >= 4 is 5.91 Å². The Kier molecular flexibility index (Phi) is 5.09. The fraction of sp³-hybridized carbons (Fsp3) is 0.533. The molecule has 1 aliphatic rings. The van der Waals surface area contributed by atoms with Gasteiger partial charge in [0.2, 0.25) is 5.91 Å². The topological polar surface area (TPSA) is 41.6 Å². The van der Waals surface area contributed by atoms with Crippen LogP contribution >= 0.6 is 0 Å². The SMILES string of the molecule is COCC(C)C(=O)N1CCNCC1c1cccc(F)c1. The van der Waals surface area contributed by atoms with E-state index in [2.05, 4.69) is 5.32 Å². The molecule has 1 saturated heterocycles. The lowest BCUT2D eigenvalue weighted by molar-refractivity contribution is -0.140. The van der Waals surface area contributed by atoms with Crippen LogP contribution in [0.1, 0.15) is 18.5 Å². The van der Waals surface area contributed by atoms with Crippen LogP contribution in [0.3, 0.4) is 0 Å². The Balaban J connectivity index is 2.19. The zero-order valence-corrected chi connectivity index (χ0v) is 11.9. The Bertz CT molecular complexity index is 467. The monoisotopic (exact) mass is 280 g/mol. The minimum Gasteiger partial charge on any atom is -0.384 e. The number of amides is 1. The van der Waals surface area contributed by atoms with Crippen molar-refractivity contribution in [2.24, 2.45) is 5.92 Å². The maximum absolute atomic E-state index is 13.4. The molecule has 2 unspecified atom stereocenters. The van der Waals surface area contributed by atoms with Crippen LogP contribution in [0.5, 0.6) is 0 Å². The first-order valence-corrected chi connectivity index (χ1v) is 6.89. The Labute approximate surface area is 118 Å². The van der Waals surface area contributed by atoms with E-state index in [9.17, 15) is 9.18 Å². The van der Waals surface area contributed by atoms with Crippen molar-refractivity contribution < 1.29 is 13.9 Å². The van der Waals surface area contributed by atoms with Crippen molar-refractivity contribution in [3.8, 4) is 0 Å². The van der Waals surface area contributed by atoms with E-state index in [0.29, 0.717) is 19.7 Å². The van der Waals surface area contributed by atoms with Crippen LogP contribution in [-0.4, -0.2) is 44.2 Å². The molecule has 0 bridgehead atoms. The average Bonchev–Trinajstić information content (AvgIpc) is 2.47. The highest BCUT2D eigenvalue weighted by molar-refractivity contribution is 5.79. The van der Waals surface area contributed by atoms with Gasteiger partial charge in [0.1, 0.15) is 5.82 Å². The molecule has 0 radical (unpaired) electrons. The molecule has 2 rings (SSSR count). The van der Waals surface area contributed by atoms with Gasteiger partial charge in [-0.25, -0.2) is 4.39 Å². The zero-order chi connectivity index (χ0) is 14.5. The van der Waals surface area contributed by atoms with Crippen LogP contribution in [0.25, 0.3) is 0 Å². The molecule has 1 heterocycles. The largest absolute Gasteiger partial charge is 0.384 e. The number of rotatable bonds is 4. The molecule has 1 fully saturated rings. The van der Waals surface area contributed by atoms with E-state index < -0.39 is 0 Å². The van der Waals surface area contributed by atoms with Crippen molar-refractivity contribution in [1.29, 1.82) is 0 Å². The molecule has 0 spiro atoms. The lowest BCUT2D eigenvalue weighted by Gasteiger charge is -2.38. The second-order valence-corrected chi connectivity index (χ2v) is 5.16. The van der Waals surface area contributed by atoms with Crippen LogP contribution in [0.2, 0.25) is 0 Å². The molecule has 20 heavy (non-hydrogen) atoms. The average molecular weight is 280 g/mol. The normalized spacial score (nSPS) is 20.8. The van der Waals surface area contributed by atoms with Crippen LogP contribution in [0.15, 0.2) is 24.3 Å². The molecule has 1 amide bonds. The molecule has 1 aromatic carbocycles. The summed E-state index contributed by atoms with van der Waals surface area (Å²) in [7, 11) is 1.59. The molecule has 1 N–H and O–H groups in total. The third kappa shape index (κ3) is 3.35. The lowest BCUT2D eigenvalue weighted by atomic mass is 10.0. The maximum Gasteiger partial charge on any atom is 0.228 e. The quantitative estimate of drug-likeness (QED) is 0.910. The van der Waals surface area contributed by atoms with Gasteiger partial charge in [-0.15, -0.1) is 0 Å². The first-order valence-electron chi connectivity index (χ1n) is 6.89. The summed E-state index contributed by atoms with van der Waals surface area (Å²) in [6, 6.07) is 6.34. The summed E-state index contributed by atoms with van der Waals surface area (Å²) in [4.78, 5) is 14.3. The number of nitrogens with zero attached hydrogens (tertiary/aromatic N) is 1. The molecule has 2 atom stereocenters. The highest BCUT2D eigenvalue weighted by Gasteiger charge is 2.30. The highest BCUT2D eigenvalue weighted by Crippen LogP contribution is 2.24. The first kappa shape index (κ1) is 14.9. The Morgan fingerprint density at radius 3 is 3.10 bits per heavy atom. The predicted molar refractivity (Wildman–Crippen MR) is 74.8 cm³/mol. The maximum atomic E-state index is 13.4. The van der Waals surface area contributed by atoms with Gasteiger partial charge in [-0.1, -0.05) is 19.1 Å². The van der Waals surface area contributed by atoms with Gasteiger partial charge in [0.25, 0.3) is 0 Å². The van der Waals surface area contributed by atoms with Crippen LogP contribution in [0.4, 0.5) is 4.39 Å². The van der Waals surface area contributed by atoms with E-state index in [-0.39, 0.29) is 23.7 Å². The second kappa shape index (κ2) is 6.81. The molecule has 1 aromatic rings. The number of carbonyl (C=O) groups is 1. The third-order valence-electron chi connectivity index (χ3n) is 3.60. The van der Waals surface area contributed by atoms with Gasteiger partial charge in [0.05, 0.1) is 18.6 Å². The van der Waals surface area contributed by atoms with E-state index in [0.717, 1.165) is 12.1 Å². The van der Waals surface area contributed by atoms with Gasteiger partial charge in [-0.05, 0) is 17.7 Å². The van der Waals surface area contributed by atoms with E-state index in [1.807, 2.05) is 17.9 Å². The predicted octanol–water partition coefficient (Wildman–Crippen LogP) is 1.58. The number of piperazine rings is 1.